The van der Waals surface area contributed by atoms with Crippen LogP contribution in [0, 0.1) is 0 Å². The average molecular weight is 405 g/mol. The zero-order chi connectivity index (χ0) is 20.0. The molecular formula is C21H22Cl2N2O2. The van der Waals surface area contributed by atoms with E-state index in [1.165, 1.54) is 10.5 Å². The van der Waals surface area contributed by atoms with Gasteiger partial charge in [0.15, 0.2) is 0 Å². The smallest absolute Gasteiger partial charge is 0.319 e. The highest BCUT2D eigenvalue weighted by molar-refractivity contribution is 6.35. The van der Waals surface area contributed by atoms with Crippen molar-refractivity contribution in [2.75, 3.05) is 0 Å². The number of nitrogens with one attached hydrogen (secondary N) is 1. The molecule has 6 heteroatoms. The molecule has 2 aromatic rings. The second kappa shape index (κ2) is 6.84. The molecule has 1 saturated heterocycles. The molecule has 1 atom stereocenters. The van der Waals surface area contributed by atoms with Gasteiger partial charge in [0.1, 0.15) is 5.54 Å². The summed E-state index contributed by atoms with van der Waals surface area (Å²) in [7, 11) is 0. The topological polar surface area (TPSA) is 49.4 Å². The summed E-state index contributed by atoms with van der Waals surface area (Å²) in [4.78, 5) is 26.8. The molecule has 1 N–H and O–H groups in total. The second-order valence-electron chi connectivity index (χ2n) is 8.02. The van der Waals surface area contributed by atoms with Gasteiger partial charge < -0.3 is 5.32 Å². The fourth-order valence-corrected chi connectivity index (χ4v) is 3.81. The molecule has 0 aromatic heterocycles. The molecule has 4 nitrogen and oxygen atoms in total. The molecule has 27 heavy (non-hydrogen) atoms. The molecule has 0 saturated carbocycles. The van der Waals surface area contributed by atoms with E-state index in [1.807, 2.05) is 24.3 Å². The molecule has 3 rings (SSSR count). The minimum Gasteiger partial charge on any atom is -0.319 e. The average Bonchev–Trinajstić information content (AvgIpc) is 2.78. The minimum atomic E-state index is -1.22. The van der Waals surface area contributed by atoms with Crippen molar-refractivity contribution in [2.45, 2.75) is 45.2 Å². The van der Waals surface area contributed by atoms with E-state index >= 15 is 0 Å². The van der Waals surface area contributed by atoms with Crippen molar-refractivity contribution in [2.24, 2.45) is 0 Å². The predicted octanol–water partition coefficient (Wildman–Crippen LogP) is 5.26. The molecule has 0 aliphatic carbocycles. The summed E-state index contributed by atoms with van der Waals surface area (Å²) in [6.07, 6.45) is 0. The van der Waals surface area contributed by atoms with Crippen molar-refractivity contribution in [3.8, 4) is 0 Å². The Morgan fingerprint density at radius 3 is 2.22 bits per heavy atom. The molecule has 0 unspecified atom stereocenters. The molecule has 1 fully saturated rings. The van der Waals surface area contributed by atoms with Crippen molar-refractivity contribution in [1.82, 2.24) is 10.2 Å². The molecule has 1 heterocycles. The highest BCUT2D eigenvalue weighted by atomic mass is 35.5. The van der Waals surface area contributed by atoms with Crippen LogP contribution in [0.2, 0.25) is 10.0 Å². The van der Waals surface area contributed by atoms with Gasteiger partial charge in [-0.25, -0.2) is 4.79 Å². The molecule has 0 spiro atoms. The van der Waals surface area contributed by atoms with Crippen LogP contribution in [0.15, 0.2) is 42.5 Å². The van der Waals surface area contributed by atoms with Crippen molar-refractivity contribution in [1.29, 1.82) is 0 Å². The minimum absolute atomic E-state index is 0.0449. The molecule has 3 amide bonds. The van der Waals surface area contributed by atoms with Crippen LogP contribution in [0.1, 0.15) is 44.4 Å². The number of carbonyl (C=O) groups is 2. The van der Waals surface area contributed by atoms with Gasteiger partial charge in [0.25, 0.3) is 5.91 Å². The molecule has 1 aliphatic heterocycles. The van der Waals surface area contributed by atoms with Crippen LogP contribution in [-0.4, -0.2) is 16.8 Å². The largest absolute Gasteiger partial charge is 0.325 e. The Kier molecular flexibility index (Phi) is 5.00. The van der Waals surface area contributed by atoms with Crippen molar-refractivity contribution < 1.29 is 9.59 Å². The maximum atomic E-state index is 13.1. The van der Waals surface area contributed by atoms with Gasteiger partial charge in [0.05, 0.1) is 6.54 Å². The summed E-state index contributed by atoms with van der Waals surface area (Å²) in [5.74, 6) is -0.336. The number of benzene rings is 2. The number of hydrogen-bond donors (Lipinski definition) is 1. The maximum Gasteiger partial charge on any atom is 0.325 e. The van der Waals surface area contributed by atoms with E-state index < -0.39 is 11.6 Å². The molecular weight excluding hydrogens is 383 g/mol. The second-order valence-corrected chi connectivity index (χ2v) is 8.86. The van der Waals surface area contributed by atoms with Crippen LogP contribution in [0.5, 0.6) is 0 Å². The van der Waals surface area contributed by atoms with Crippen LogP contribution in [-0.2, 0) is 22.3 Å². The summed E-state index contributed by atoms with van der Waals surface area (Å²) >= 11 is 12.2. The highest BCUT2D eigenvalue weighted by Crippen LogP contribution is 2.35. The summed E-state index contributed by atoms with van der Waals surface area (Å²) in [5, 5.41) is 3.59. The fourth-order valence-electron chi connectivity index (χ4n) is 3.21. The third-order valence-electron chi connectivity index (χ3n) is 4.91. The highest BCUT2D eigenvalue weighted by Gasteiger charge is 2.49. The number of carbonyl (C=O) groups excluding carboxylic acids is 2. The first kappa shape index (κ1) is 19.7. The van der Waals surface area contributed by atoms with E-state index in [4.69, 9.17) is 23.2 Å². The van der Waals surface area contributed by atoms with Gasteiger partial charge in [0.2, 0.25) is 0 Å². The zero-order valence-electron chi connectivity index (χ0n) is 15.8. The Morgan fingerprint density at radius 2 is 1.67 bits per heavy atom. The van der Waals surface area contributed by atoms with Gasteiger partial charge in [-0.2, -0.15) is 0 Å². The number of halogens is 2. The quantitative estimate of drug-likeness (QED) is 0.709. The number of imide groups is 1. The van der Waals surface area contributed by atoms with E-state index in [-0.39, 0.29) is 17.9 Å². The van der Waals surface area contributed by atoms with Crippen LogP contribution in [0.25, 0.3) is 0 Å². The maximum absolute atomic E-state index is 13.1. The predicted molar refractivity (Wildman–Crippen MR) is 108 cm³/mol. The monoisotopic (exact) mass is 404 g/mol. The summed E-state index contributed by atoms with van der Waals surface area (Å²) in [6.45, 7) is 8.28. The van der Waals surface area contributed by atoms with Crippen LogP contribution < -0.4 is 5.32 Å². The number of hydrogen-bond acceptors (Lipinski definition) is 2. The van der Waals surface area contributed by atoms with Crippen LogP contribution in [0.4, 0.5) is 4.79 Å². The van der Waals surface area contributed by atoms with Crippen LogP contribution >= 0.6 is 23.2 Å². The standard InChI is InChI=1S/C21H22Cl2N2O2/c1-20(2,3)14-7-5-13(6-8-14)12-25-18(26)21(4,24-19(25)27)16-10-9-15(22)11-17(16)23/h5-11H,12H2,1-4H3,(H,24,27)/t21-/m1/s1. The Balaban J connectivity index is 1.86. The molecule has 0 bridgehead atoms. The summed E-state index contributed by atoms with van der Waals surface area (Å²) in [5.41, 5.74) is 1.43. The molecule has 142 valence electrons. The molecule has 2 aromatic carbocycles. The van der Waals surface area contributed by atoms with Crippen molar-refractivity contribution >= 4 is 35.1 Å². The van der Waals surface area contributed by atoms with Gasteiger partial charge in [0, 0.05) is 15.6 Å². The van der Waals surface area contributed by atoms with E-state index in [0.717, 1.165) is 5.56 Å². The summed E-state index contributed by atoms with van der Waals surface area (Å²) < 4.78 is 0. The Bertz CT molecular complexity index is 903. The Morgan fingerprint density at radius 1 is 1.04 bits per heavy atom. The number of nitrogens with zero attached hydrogens (tertiary/aromatic N) is 1. The first-order valence-electron chi connectivity index (χ1n) is 8.71. The first-order chi connectivity index (χ1) is 12.5. The summed E-state index contributed by atoms with van der Waals surface area (Å²) in [6, 6.07) is 12.4. The Labute approximate surface area is 169 Å². The lowest BCUT2D eigenvalue weighted by Crippen LogP contribution is -2.41. The lowest BCUT2D eigenvalue weighted by Gasteiger charge is -2.23. The van der Waals surface area contributed by atoms with E-state index in [2.05, 4.69) is 26.1 Å². The van der Waals surface area contributed by atoms with Crippen molar-refractivity contribution in [3.05, 3.63) is 69.2 Å². The van der Waals surface area contributed by atoms with Gasteiger partial charge in [-0.3, -0.25) is 9.69 Å². The lowest BCUT2D eigenvalue weighted by molar-refractivity contribution is -0.131. The van der Waals surface area contributed by atoms with E-state index in [0.29, 0.717) is 15.6 Å². The first-order valence-corrected chi connectivity index (χ1v) is 9.47. The number of amides is 3. The van der Waals surface area contributed by atoms with Gasteiger partial charge in [-0.1, -0.05) is 74.3 Å². The lowest BCUT2D eigenvalue weighted by atomic mass is 9.86. The molecule has 0 radical (unpaired) electrons. The van der Waals surface area contributed by atoms with E-state index in [9.17, 15) is 9.59 Å². The number of rotatable bonds is 3. The third-order valence-corrected chi connectivity index (χ3v) is 5.45. The van der Waals surface area contributed by atoms with Gasteiger partial charge >= 0.3 is 6.03 Å². The van der Waals surface area contributed by atoms with Gasteiger partial charge in [-0.15, -0.1) is 0 Å². The molecule has 1 aliphatic rings. The SMILES string of the molecule is CC(C)(C)c1ccc(CN2C(=O)N[C@](C)(c3ccc(Cl)cc3Cl)C2=O)cc1. The normalized spacial score (nSPS) is 20.1. The third kappa shape index (κ3) is 3.69. The fraction of sp³-hybridized carbons (Fsp3) is 0.333. The van der Waals surface area contributed by atoms with Crippen LogP contribution in [0.3, 0.4) is 0 Å². The van der Waals surface area contributed by atoms with Crippen molar-refractivity contribution in [3.63, 3.8) is 0 Å². The number of urea groups is 1. The Hall–Kier alpha value is -2.04. The van der Waals surface area contributed by atoms with Gasteiger partial charge in [-0.05, 0) is 35.6 Å². The zero-order valence-corrected chi connectivity index (χ0v) is 17.3. The van der Waals surface area contributed by atoms with E-state index in [1.54, 1.807) is 25.1 Å².